The van der Waals surface area contributed by atoms with Gasteiger partial charge < -0.3 is 0 Å². The van der Waals surface area contributed by atoms with Crippen LogP contribution in [-0.2, 0) is 0 Å². The zero-order valence-electron chi connectivity index (χ0n) is 14.4. The first kappa shape index (κ1) is 14.9. The van der Waals surface area contributed by atoms with Gasteiger partial charge in [-0.25, -0.2) is 0 Å². The lowest BCUT2D eigenvalue weighted by Gasteiger charge is -2.61. The predicted molar refractivity (Wildman–Crippen MR) is 87.7 cm³/mol. The van der Waals surface area contributed by atoms with Gasteiger partial charge in [-0.15, -0.1) is 0 Å². The Morgan fingerprint density at radius 2 is 1.75 bits per heavy atom. The van der Waals surface area contributed by atoms with Crippen molar-refractivity contribution >= 4 is 0 Å². The molecule has 3 aliphatic carbocycles. The van der Waals surface area contributed by atoms with E-state index in [1.807, 2.05) is 0 Å². The van der Waals surface area contributed by atoms with Crippen LogP contribution in [0.25, 0.3) is 0 Å². The molecular weight excluding hydrogens is 240 g/mol. The van der Waals surface area contributed by atoms with Crippen LogP contribution in [0.4, 0.5) is 0 Å². The van der Waals surface area contributed by atoms with Crippen molar-refractivity contribution in [2.24, 2.45) is 34.5 Å². The van der Waals surface area contributed by atoms with Crippen LogP contribution in [0.1, 0.15) is 91.9 Å². The Kier molecular flexibility index (Phi) is 3.97. The van der Waals surface area contributed by atoms with E-state index in [1.165, 1.54) is 44.9 Å². The molecule has 0 saturated heterocycles. The van der Waals surface area contributed by atoms with Gasteiger partial charge in [-0.2, -0.15) is 0 Å². The first-order chi connectivity index (χ1) is 9.47. The van der Waals surface area contributed by atoms with Crippen LogP contribution >= 0.6 is 0 Å². The van der Waals surface area contributed by atoms with Crippen molar-refractivity contribution in [1.82, 2.24) is 0 Å². The molecule has 0 bridgehead atoms. The molecule has 0 aromatic rings. The molecule has 0 radical (unpaired) electrons. The molecule has 3 saturated carbocycles. The first-order valence-electron chi connectivity index (χ1n) is 9.47. The van der Waals surface area contributed by atoms with Gasteiger partial charge in [0, 0.05) is 0 Å². The van der Waals surface area contributed by atoms with E-state index in [1.54, 1.807) is 19.3 Å². The van der Waals surface area contributed by atoms with Crippen molar-refractivity contribution in [3.8, 4) is 0 Å². The van der Waals surface area contributed by atoms with Crippen molar-refractivity contribution < 1.29 is 0 Å². The Morgan fingerprint density at radius 1 is 0.950 bits per heavy atom. The highest BCUT2D eigenvalue weighted by molar-refractivity contribution is 5.04. The molecule has 3 aliphatic rings. The summed E-state index contributed by atoms with van der Waals surface area (Å²) in [5.74, 6) is 4.22. The monoisotopic (exact) mass is 276 g/mol. The molecule has 0 heteroatoms. The fourth-order valence-electron chi connectivity index (χ4n) is 6.93. The summed E-state index contributed by atoms with van der Waals surface area (Å²) in [5, 5.41) is 0. The molecular formula is C20H36. The second-order valence-electron chi connectivity index (χ2n) is 9.31. The smallest absolute Gasteiger partial charge is 0.0261 e. The van der Waals surface area contributed by atoms with Crippen molar-refractivity contribution in [3.05, 3.63) is 0 Å². The summed E-state index contributed by atoms with van der Waals surface area (Å²) in [6.45, 7) is 10.2. The van der Waals surface area contributed by atoms with E-state index in [0.717, 1.165) is 23.7 Å². The molecule has 116 valence electrons. The summed E-state index contributed by atoms with van der Waals surface area (Å²) in [7, 11) is 0. The van der Waals surface area contributed by atoms with Gasteiger partial charge in [0.1, 0.15) is 0 Å². The van der Waals surface area contributed by atoms with Crippen molar-refractivity contribution in [2.75, 3.05) is 0 Å². The molecule has 3 fully saturated rings. The lowest BCUT2D eigenvalue weighted by molar-refractivity contribution is -0.115. The molecule has 0 aromatic carbocycles. The van der Waals surface area contributed by atoms with Crippen LogP contribution in [-0.4, -0.2) is 0 Å². The maximum absolute atomic E-state index is 2.69. The topological polar surface area (TPSA) is 0 Å². The Bertz CT molecular complexity index is 342. The standard InChI is InChI=1S/C20H36/c1-5-7-15-8-10-17-16(14-15)9-11-18-19(2,3)12-6-13-20(17,18)4/h15-18H,5-14H2,1-4H3. The summed E-state index contributed by atoms with van der Waals surface area (Å²) < 4.78 is 0. The second kappa shape index (κ2) is 5.33. The molecule has 5 unspecified atom stereocenters. The van der Waals surface area contributed by atoms with Crippen LogP contribution in [0, 0.1) is 34.5 Å². The maximum atomic E-state index is 2.69. The first-order valence-corrected chi connectivity index (χ1v) is 9.47. The van der Waals surface area contributed by atoms with Gasteiger partial charge in [0.2, 0.25) is 0 Å². The second-order valence-corrected chi connectivity index (χ2v) is 9.31. The van der Waals surface area contributed by atoms with Crippen molar-refractivity contribution in [1.29, 1.82) is 0 Å². The molecule has 0 spiro atoms. The van der Waals surface area contributed by atoms with Gasteiger partial charge in [-0.3, -0.25) is 0 Å². The van der Waals surface area contributed by atoms with Gasteiger partial charge in [0.05, 0.1) is 0 Å². The lowest BCUT2D eigenvalue weighted by Crippen LogP contribution is -2.52. The third kappa shape index (κ3) is 2.35. The van der Waals surface area contributed by atoms with E-state index in [0.29, 0.717) is 10.8 Å². The van der Waals surface area contributed by atoms with Gasteiger partial charge >= 0.3 is 0 Å². The van der Waals surface area contributed by atoms with E-state index in [9.17, 15) is 0 Å². The van der Waals surface area contributed by atoms with Crippen molar-refractivity contribution in [2.45, 2.75) is 91.9 Å². The largest absolute Gasteiger partial charge is 0.0654 e. The van der Waals surface area contributed by atoms with Gasteiger partial charge in [-0.1, -0.05) is 53.4 Å². The third-order valence-electron chi connectivity index (χ3n) is 7.74. The number of hydrogen-bond donors (Lipinski definition) is 0. The Morgan fingerprint density at radius 3 is 2.50 bits per heavy atom. The van der Waals surface area contributed by atoms with E-state index >= 15 is 0 Å². The Hall–Kier alpha value is 0. The Labute approximate surface area is 127 Å². The molecule has 0 aliphatic heterocycles. The fourth-order valence-corrected chi connectivity index (χ4v) is 6.93. The molecule has 0 nitrogen and oxygen atoms in total. The number of fused-ring (bicyclic) bond motifs is 3. The van der Waals surface area contributed by atoms with Gasteiger partial charge in [-0.05, 0) is 73.0 Å². The molecule has 0 amide bonds. The van der Waals surface area contributed by atoms with E-state index in [2.05, 4.69) is 27.7 Å². The third-order valence-corrected chi connectivity index (χ3v) is 7.74. The highest BCUT2D eigenvalue weighted by atomic mass is 14.6. The molecule has 20 heavy (non-hydrogen) atoms. The van der Waals surface area contributed by atoms with Crippen LogP contribution in [0.15, 0.2) is 0 Å². The van der Waals surface area contributed by atoms with Crippen molar-refractivity contribution in [3.63, 3.8) is 0 Å². The number of rotatable bonds is 2. The predicted octanol–water partition coefficient (Wildman–Crippen LogP) is 6.45. The normalized spacial score (nSPS) is 47.4. The van der Waals surface area contributed by atoms with E-state index in [4.69, 9.17) is 0 Å². The SMILES string of the molecule is CCCC1CCC2C(CCC3C(C)(C)CCCC23C)C1. The average molecular weight is 277 g/mol. The molecule has 0 aromatic heterocycles. The highest BCUT2D eigenvalue weighted by Crippen LogP contribution is 2.64. The van der Waals surface area contributed by atoms with Crippen LogP contribution in [0.5, 0.6) is 0 Å². The van der Waals surface area contributed by atoms with Crippen LogP contribution in [0.2, 0.25) is 0 Å². The van der Waals surface area contributed by atoms with E-state index < -0.39 is 0 Å². The van der Waals surface area contributed by atoms with E-state index in [-0.39, 0.29) is 0 Å². The molecule has 0 heterocycles. The summed E-state index contributed by atoms with van der Waals surface area (Å²) in [6, 6.07) is 0. The minimum Gasteiger partial charge on any atom is -0.0654 e. The molecule has 3 rings (SSSR count). The fraction of sp³-hybridized carbons (Fsp3) is 1.00. The summed E-state index contributed by atoms with van der Waals surface area (Å²) in [5.41, 5.74) is 1.29. The van der Waals surface area contributed by atoms with Gasteiger partial charge in [0.15, 0.2) is 0 Å². The van der Waals surface area contributed by atoms with Gasteiger partial charge in [0.25, 0.3) is 0 Å². The van der Waals surface area contributed by atoms with Crippen LogP contribution < -0.4 is 0 Å². The zero-order valence-corrected chi connectivity index (χ0v) is 14.4. The zero-order chi connectivity index (χ0) is 14.4. The lowest BCUT2D eigenvalue weighted by atomic mass is 9.44. The average Bonchev–Trinajstić information content (AvgIpc) is 2.38. The molecule has 0 N–H and O–H groups in total. The van der Waals surface area contributed by atoms with Crippen LogP contribution in [0.3, 0.4) is 0 Å². The Balaban J connectivity index is 1.78. The number of hydrogen-bond acceptors (Lipinski definition) is 0. The highest BCUT2D eigenvalue weighted by Gasteiger charge is 2.55. The summed E-state index contributed by atoms with van der Waals surface area (Å²) in [6.07, 6.45) is 15.1. The summed E-state index contributed by atoms with van der Waals surface area (Å²) >= 11 is 0. The minimum absolute atomic E-state index is 0.609. The maximum Gasteiger partial charge on any atom is -0.0261 e. The quantitative estimate of drug-likeness (QED) is 0.544. The minimum atomic E-state index is 0.609. The summed E-state index contributed by atoms with van der Waals surface area (Å²) in [4.78, 5) is 0. The molecule has 5 atom stereocenters.